The fourth-order valence-corrected chi connectivity index (χ4v) is 9.74. The minimum absolute atomic E-state index is 0.132. The second-order valence-electron chi connectivity index (χ2n) is 12.7. The first-order chi connectivity index (χ1) is 15.7. The summed E-state index contributed by atoms with van der Waals surface area (Å²) in [7, 11) is 0. The largest absolute Gasteiger partial charge is 0.431 e. The minimum atomic E-state index is -0.624. The molecule has 33 heavy (non-hydrogen) atoms. The molecule has 5 nitrogen and oxygen atoms in total. The van der Waals surface area contributed by atoms with E-state index in [4.69, 9.17) is 4.42 Å². The van der Waals surface area contributed by atoms with Crippen LogP contribution >= 0.6 is 0 Å². The molecule has 6 rings (SSSR count). The van der Waals surface area contributed by atoms with Gasteiger partial charge in [-0.2, -0.15) is 0 Å². The minimum Gasteiger partial charge on any atom is -0.431 e. The van der Waals surface area contributed by atoms with Gasteiger partial charge in [0.1, 0.15) is 0 Å². The smallest absolute Gasteiger partial charge is 0.335 e. The predicted molar refractivity (Wildman–Crippen MR) is 127 cm³/mol. The Hall–Kier alpha value is -1.17. The lowest BCUT2D eigenvalue weighted by molar-refractivity contribution is -0.203. The highest BCUT2D eigenvalue weighted by Crippen LogP contribution is 2.70. The molecule has 4 aliphatic carbocycles. The molecule has 5 aliphatic rings. The Kier molecular flexibility index (Phi) is 5.18. The number of hydrogen-bond donors (Lipinski definition) is 2. The van der Waals surface area contributed by atoms with Crippen LogP contribution in [-0.2, 0) is 0 Å². The first-order valence-corrected chi connectivity index (χ1v) is 13.5. The molecule has 9 atom stereocenters. The highest BCUT2D eigenvalue weighted by molar-refractivity contribution is 5.27. The molecule has 1 aromatic heterocycles. The van der Waals surface area contributed by atoms with E-state index < -0.39 is 5.60 Å². The van der Waals surface area contributed by atoms with Crippen molar-refractivity contribution in [2.75, 3.05) is 13.1 Å². The highest BCUT2D eigenvalue weighted by atomic mass is 16.4. The monoisotopic (exact) mass is 455 g/mol. The molecule has 0 amide bonds. The molecule has 0 bridgehead atoms. The molecule has 1 aliphatic heterocycles. The maximum atomic E-state index is 12.4. The average molecular weight is 456 g/mol. The van der Waals surface area contributed by atoms with Crippen molar-refractivity contribution in [2.45, 2.75) is 102 Å². The van der Waals surface area contributed by atoms with Crippen molar-refractivity contribution < 1.29 is 14.6 Å². The molecule has 2 N–H and O–H groups in total. The Morgan fingerprint density at radius 3 is 2.58 bits per heavy atom. The first-order valence-electron chi connectivity index (χ1n) is 13.5. The number of hydrogen-bond acceptors (Lipinski definition) is 5. The van der Waals surface area contributed by atoms with Crippen molar-refractivity contribution in [3.63, 3.8) is 0 Å². The zero-order valence-corrected chi connectivity index (χ0v) is 20.3. The molecule has 0 unspecified atom stereocenters. The zero-order chi connectivity index (χ0) is 23.0. The van der Waals surface area contributed by atoms with Crippen LogP contribution in [0.4, 0.5) is 0 Å². The quantitative estimate of drug-likeness (QED) is 0.695. The van der Waals surface area contributed by atoms with Crippen LogP contribution in [0.5, 0.6) is 0 Å². The van der Waals surface area contributed by atoms with E-state index in [9.17, 15) is 15.0 Å². The van der Waals surface area contributed by atoms with Crippen molar-refractivity contribution >= 4 is 0 Å². The van der Waals surface area contributed by atoms with Crippen molar-refractivity contribution in [3.8, 4) is 0 Å². The van der Waals surface area contributed by atoms with Crippen LogP contribution in [-0.4, -0.2) is 45.9 Å². The van der Waals surface area contributed by atoms with E-state index >= 15 is 0 Å². The Labute approximate surface area is 197 Å². The third-order valence-corrected chi connectivity index (χ3v) is 11.7. The standard InChI is InChI=1S/C28H41NO4/c1-26-11-7-20(29-14-10-21(30)16-29)15-19(26)4-5-24-23(26)8-12-27(2)22(9-13-28(24,27)32)18-3-6-25(31)33-17-18/h3,6,17,19-24,30,32H,4-5,7-16H2,1-2H3/t19-,20+,21+,22-,23+,24-,26+,27-,28+/m1/s1. The number of aliphatic hydroxyl groups is 2. The molecule has 5 fully saturated rings. The summed E-state index contributed by atoms with van der Waals surface area (Å²) in [6.45, 7) is 6.78. The molecule has 1 aromatic rings. The number of β-amino-alcohol motifs (C(OH)–C–C–N with tert-alkyl or cyclic N) is 1. The molecule has 0 radical (unpaired) electrons. The number of likely N-dealkylation sites (tertiary alicyclic amines) is 1. The summed E-state index contributed by atoms with van der Waals surface area (Å²) in [5.41, 5.74) is 0.332. The molecule has 5 heteroatoms. The predicted octanol–water partition coefficient (Wildman–Crippen LogP) is 4.32. The van der Waals surface area contributed by atoms with Crippen LogP contribution in [0.3, 0.4) is 0 Å². The second-order valence-corrected chi connectivity index (χ2v) is 12.7. The fourth-order valence-electron chi connectivity index (χ4n) is 9.74. The van der Waals surface area contributed by atoms with Crippen molar-refractivity contribution in [3.05, 3.63) is 34.4 Å². The van der Waals surface area contributed by atoms with Crippen LogP contribution < -0.4 is 5.63 Å². The average Bonchev–Trinajstić information content (AvgIpc) is 3.35. The van der Waals surface area contributed by atoms with Crippen LogP contribution in [0, 0.1) is 28.6 Å². The Morgan fingerprint density at radius 2 is 1.85 bits per heavy atom. The molecular weight excluding hydrogens is 414 g/mol. The summed E-state index contributed by atoms with van der Waals surface area (Å²) in [5, 5.41) is 22.4. The van der Waals surface area contributed by atoms with Gasteiger partial charge in [0.2, 0.25) is 0 Å². The van der Waals surface area contributed by atoms with Crippen molar-refractivity contribution in [2.24, 2.45) is 28.6 Å². The third kappa shape index (κ3) is 3.18. The summed E-state index contributed by atoms with van der Waals surface area (Å²) in [4.78, 5) is 14.1. The summed E-state index contributed by atoms with van der Waals surface area (Å²) in [6.07, 6.45) is 12.7. The molecule has 1 saturated heterocycles. The van der Waals surface area contributed by atoms with E-state index in [1.807, 2.05) is 6.07 Å². The van der Waals surface area contributed by atoms with Gasteiger partial charge in [-0.05, 0) is 105 Å². The zero-order valence-electron chi connectivity index (χ0n) is 20.3. The lowest BCUT2D eigenvalue weighted by Gasteiger charge is -2.64. The Balaban J connectivity index is 1.24. The van der Waals surface area contributed by atoms with Crippen LogP contribution in [0.1, 0.15) is 89.5 Å². The van der Waals surface area contributed by atoms with Gasteiger partial charge in [0.05, 0.1) is 18.0 Å². The summed E-state index contributed by atoms with van der Waals surface area (Å²) in [6, 6.07) is 4.09. The van der Waals surface area contributed by atoms with E-state index in [0.29, 0.717) is 23.3 Å². The molecule has 182 valence electrons. The van der Waals surface area contributed by atoms with E-state index in [0.717, 1.165) is 56.7 Å². The summed E-state index contributed by atoms with van der Waals surface area (Å²) >= 11 is 0. The SMILES string of the molecule is C[C@]12CC[C@H](N3CC[C@H](O)C3)C[C@H]1CC[C@@H]1[C@@H]2CC[C@]2(C)[C@@H](c3ccc(=O)oc3)CC[C@]12O. The maximum Gasteiger partial charge on any atom is 0.335 e. The number of aliphatic hydroxyl groups excluding tert-OH is 1. The lowest BCUT2D eigenvalue weighted by atomic mass is 9.43. The Morgan fingerprint density at radius 1 is 1.00 bits per heavy atom. The van der Waals surface area contributed by atoms with Gasteiger partial charge in [-0.15, -0.1) is 0 Å². The highest BCUT2D eigenvalue weighted by Gasteiger charge is 2.67. The van der Waals surface area contributed by atoms with Gasteiger partial charge in [-0.3, -0.25) is 4.90 Å². The van der Waals surface area contributed by atoms with Crippen LogP contribution in [0.15, 0.2) is 27.6 Å². The lowest BCUT2D eigenvalue weighted by Crippen LogP contribution is -2.62. The maximum absolute atomic E-state index is 12.4. The first kappa shape index (κ1) is 22.3. The topological polar surface area (TPSA) is 73.9 Å². The third-order valence-electron chi connectivity index (χ3n) is 11.7. The molecule has 4 saturated carbocycles. The molecule has 0 spiro atoms. The van der Waals surface area contributed by atoms with Crippen molar-refractivity contribution in [1.82, 2.24) is 4.90 Å². The van der Waals surface area contributed by atoms with E-state index in [-0.39, 0.29) is 23.1 Å². The van der Waals surface area contributed by atoms with E-state index in [1.54, 1.807) is 6.26 Å². The van der Waals surface area contributed by atoms with E-state index in [1.165, 1.54) is 38.2 Å². The van der Waals surface area contributed by atoms with Gasteiger partial charge in [0.25, 0.3) is 0 Å². The van der Waals surface area contributed by atoms with Crippen LogP contribution in [0.25, 0.3) is 0 Å². The van der Waals surface area contributed by atoms with Gasteiger partial charge in [-0.1, -0.05) is 13.8 Å². The number of rotatable bonds is 2. The van der Waals surface area contributed by atoms with Gasteiger partial charge in [0.15, 0.2) is 0 Å². The Bertz CT molecular complexity index is 941. The summed E-state index contributed by atoms with van der Waals surface area (Å²) < 4.78 is 5.22. The van der Waals surface area contributed by atoms with Crippen molar-refractivity contribution in [1.29, 1.82) is 0 Å². The number of fused-ring (bicyclic) bond motifs is 5. The van der Waals surface area contributed by atoms with Gasteiger partial charge >= 0.3 is 5.63 Å². The van der Waals surface area contributed by atoms with E-state index in [2.05, 4.69) is 18.7 Å². The van der Waals surface area contributed by atoms with Crippen LogP contribution in [0.2, 0.25) is 0 Å². The molecule has 2 heterocycles. The second kappa shape index (κ2) is 7.66. The summed E-state index contributed by atoms with van der Waals surface area (Å²) in [5.74, 6) is 1.98. The fraction of sp³-hybridized carbons (Fsp3) is 0.821. The number of nitrogens with zero attached hydrogens (tertiary/aromatic N) is 1. The van der Waals surface area contributed by atoms with Gasteiger partial charge < -0.3 is 14.6 Å². The molecular formula is C28H41NO4. The van der Waals surface area contributed by atoms with Gasteiger partial charge in [0, 0.05) is 30.6 Å². The molecule has 0 aromatic carbocycles. The normalized spacial score (nSPS) is 49.9. The van der Waals surface area contributed by atoms with Gasteiger partial charge in [-0.25, -0.2) is 4.79 Å².